The van der Waals surface area contributed by atoms with E-state index in [1.54, 1.807) is 6.07 Å². The Hall–Kier alpha value is -3.18. The predicted molar refractivity (Wildman–Crippen MR) is 121 cm³/mol. The van der Waals surface area contributed by atoms with Gasteiger partial charge in [0, 0.05) is 37.1 Å². The first kappa shape index (κ1) is 18.8. The lowest BCUT2D eigenvalue weighted by Gasteiger charge is -2.37. The molecule has 1 saturated heterocycles. The average molecular weight is 419 g/mol. The van der Waals surface area contributed by atoms with Gasteiger partial charge in [-0.05, 0) is 36.4 Å². The molecule has 0 bridgehead atoms. The van der Waals surface area contributed by atoms with E-state index in [0.717, 1.165) is 48.5 Å². The van der Waals surface area contributed by atoms with E-state index >= 15 is 0 Å². The van der Waals surface area contributed by atoms with Crippen LogP contribution in [-0.4, -0.2) is 36.1 Å². The number of fused-ring (bicyclic) bond motifs is 1. The highest BCUT2D eigenvalue weighted by Crippen LogP contribution is 2.31. The molecular formula is C24H20ClFN4. The molecule has 0 saturated carbocycles. The number of aromatic nitrogens is 2. The second kappa shape index (κ2) is 7.92. The summed E-state index contributed by atoms with van der Waals surface area (Å²) >= 11 is 6.41. The maximum Gasteiger partial charge on any atom is 0.163 e. The standard InChI is InChI=1S/C24H20ClFN4/c25-19-9-3-1-7-17(19)23-27-21-11-5-2-8-18(21)24(28-23)30-15-13-29(14-16-30)22-12-6-4-10-20(22)26/h1-12H,13-16H2. The summed E-state index contributed by atoms with van der Waals surface area (Å²) in [5.41, 5.74) is 2.35. The van der Waals surface area contributed by atoms with Crippen molar-refractivity contribution < 1.29 is 4.39 Å². The predicted octanol–water partition coefficient (Wildman–Crippen LogP) is 5.42. The van der Waals surface area contributed by atoms with Crippen molar-refractivity contribution >= 4 is 34.0 Å². The zero-order valence-corrected chi connectivity index (χ0v) is 17.1. The normalized spacial score (nSPS) is 14.3. The molecule has 2 heterocycles. The maximum atomic E-state index is 14.2. The van der Waals surface area contributed by atoms with Gasteiger partial charge < -0.3 is 9.80 Å². The number of rotatable bonds is 3. The molecule has 6 heteroatoms. The highest BCUT2D eigenvalue weighted by molar-refractivity contribution is 6.33. The maximum absolute atomic E-state index is 14.2. The minimum Gasteiger partial charge on any atom is -0.366 e. The fourth-order valence-electron chi connectivity index (χ4n) is 3.93. The largest absolute Gasteiger partial charge is 0.366 e. The van der Waals surface area contributed by atoms with Gasteiger partial charge >= 0.3 is 0 Å². The number of piperazine rings is 1. The molecule has 4 nitrogen and oxygen atoms in total. The third-order valence-corrected chi connectivity index (χ3v) is 5.80. The van der Waals surface area contributed by atoms with Gasteiger partial charge in [0.1, 0.15) is 11.6 Å². The number of hydrogen-bond donors (Lipinski definition) is 0. The lowest BCUT2D eigenvalue weighted by molar-refractivity contribution is 0.597. The van der Waals surface area contributed by atoms with E-state index in [1.807, 2.05) is 60.7 Å². The Morgan fingerprint density at radius 1 is 0.733 bits per heavy atom. The Balaban J connectivity index is 1.50. The van der Waals surface area contributed by atoms with Crippen LogP contribution in [-0.2, 0) is 0 Å². The second-order valence-electron chi connectivity index (χ2n) is 7.29. The molecule has 150 valence electrons. The zero-order chi connectivity index (χ0) is 20.5. The lowest BCUT2D eigenvalue weighted by atomic mass is 10.1. The number of benzene rings is 3. The van der Waals surface area contributed by atoms with Gasteiger partial charge in [0.25, 0.3) is 0 Å². The van der Waals surface area contributed by atoms with Crippen LogP contribution in [0.15, 0.2) is 72.8 Å². The summed E-state index contributed by atoms with van der Waals surface area (Å²) in [5, 5.41) is 1.63. The fraction of sp³-hybridized carbons (Fsp3) is 0.167. The molecule has 0 unspecified atom stereocenters. The van der Waals surface area contributed by atoms with Crippen LogP contribution in [0.1, 0.15) is 0 Å². The average Bonchev–Trinajstić information content (AvgIpc) is 2.79. The molecule has 30 heavy (non-hydrogen) atoms. The van der Waals surface area contributed by atoms with E-state index in [2.05, 4.69) is 9.80 Å². The van der Waals surface area contributed by atoms with Crippen molar-refractivity contribution in [3.05, 3.63) is 83.6 Å². The fourth-order valence-corrected chi connectivity index (χ4v) is 4.15. The van der Waals surface area contributed by atoms with E-state index in [-0.39, 0.29) is 5.82 Å². The first-order chi connectivity index (χ1) is 14.7. The molecular weight excluding hydrogens is 399 g/mol. The number of halogens is 2. The van der Waals surface area contributed by atoms with Gasteiger partial charge in [0.05, 0.1) is 16.2 Å². The molecule has 1 aromatic heterocycles. The summed E-state index contributed by atoms with van der Waals surface area (Å²) < 4.78 is 14.2. The van der Waals surface area contributed by atoms with Crippen molar-refractivity contribution in [1.29, 1.82) is 0 Å². The zero-order valence-electron chi connectivity index (χ0n) is 16.3. The van der Waals surface area contributed by atoms with Crippen molar-refractivity contribution in [2.75, 3.05) is 36.0 Å². The van der Waals surface area contributed by atoms with E-state index in [9.17, 15) is 4.39 Å². The van der Waals surface area contributed by atoms with Gasteiger partial charge in [0.2, 0.25) is 0 Å². The van der Waals surface area contributed by atoms with E-state index < -0.39 is 0 Å². The number of hydrogen-bond acceptors (Lipinski definition) is 4. The van der Waals surface area contributed by atoms with Crippen molar-refractivity contribution in [2.45, 2.75) is 0 Å². The van der Waals surface area contributed by atoms with Crippen LogP contribution >= 0.6 is 11.6 Å². The van der Waals surface area contributed by atoms with Gasteiger partial charge in [-0.1, -0.05) is 48.0 Å². The van der Waals surface area contributed by atoms with Crippen LogP contribution in [0.5, 0.6) is 0 Å². The Morgan fingerprint density at radius 3 is 2.20 bits per heavy atom. The summed E-state index contributed by atoms with van der Waals surface area (Å²) in [4.78, 5) is 14.0. The van der Waals surface area contributed by atoms with Crippen LogP contribution in [0.25, 0.3) is 22.3 Å². The SMILES string of the molecule is Fc1ccccc1N1CCN(c2nc(-c3ccccc3Cl)nc3ccccc23)CC1. The van der Waals surface area contributed by atoms with Crippen molar-refractivity contribution in [3.63, 3.8) is 0 Å². The van der Waals surface area contributed by atoms with Gasteiger partial charge in [0.15, 0.2) is 5.82 Å². The topological polar surface area (TPSA) is 32.3 Å². The number of nitrogens with zero attached hydrogens (tertiary/aromatic N) is 4. The summed E-state index contributed by atoms with van der Waals surface area (Å²) in [5.74, 6) is 1.33. The first-order valence-electron chi connectivity index (χ1n) is 9.97. The molecule has 0 aliphatic carbocycles. The van der Waals surface area contributed by atoms with Gasteiger partial charge in [-0.15, -0.1) is 0 Å². The third kappa shape index (κ3) is 3.46. The van der Waals surface area contributed by atoms with Crippen LogP contribution in [0.2, 0.25) is 5.02 Å². The van der Waals surface area contributed by atoms with Gasteiger partial charge in [-0.2, -0.15) is 0 Å². The minimum absolute atomic E-state index is 0.181. The number of anilines is 2. The van der Waals surface area contributed by atoms with Crippen molar-refractivity contribution in [3.8, 4) is 11.4 Å². The Morgan fingerprint density at radius 2 is 1.40 bits per heavy atom. The Kier molecular flexibility index (Phi) is 4.97. The van der Waals surface area contributed by atoms with Crippen molar-refractivity contribution in [1.82, 2.24) is 9.97 Å². The van der Waals surface area contributed by atoms with Gasteiger partial charge in [-0.3, -0.25) is 0 Å². The highest BCUT2D eigenvalue weighted by Gasteiger charge is 2.23. The molecule has 4 aromatic rings. The summed E-state index contributed by atoms with van der Waals surface area (Å²) in [6.07, 6.45) is 0. The molecule has 5 rings (SSSR count). The minimum atomic E-state index is -0.181. The molecule has 1 aliphatic rings. The summed E-state index contributed by atoms with van der Waals surface area (Å²) in [6, 6.07) is 22.6. The Bertz CT molecular complexity index is 1200. The van der Waals surface area contributed by atoms with Gasteiger partial charge in [-0.25, -0.2) is 14.4 Å². The van der Waals surface area contributed by atoms with Crippen LogP contribution in [0, 0.1) is 5.82 Å². The summed E-state index contributed by atoms with van der Waals surface area (Å²) in [6.45, 7) is 2.94. The monoisotopic (exact) mass is 418 g/mol. The molecule has 0 N–H and O–H groups in total. The molecule has 1 aliphatic heterocycles. The highest BCUT2D eigenvalue weighted by atomic mass is 35.5. The van der Waals surface area contributed by atoms with Crippen LogP contribution < -0.4 is 9.80 Å². The van der Waals surface area contributed by atoms with Crippen LogP contribution in [0.4, 0.5) is 15.9 Å². The quantitative estimate of drug-likeness (QED) is 0.445. The number of para-hydroxylation sites is 2. The van der Waals surface area contributed by atoms with E-state index in [4.69, 9.17) is 21.6 Å². The smallest absolute Gasteiger partial charge is 0.163 e. The molecule has 3 aromatic carbocycles. The van der Waals surface area contributed by atoms with Crippen molar-refractivity contribution in [2.24, 2.45) is 0 Å². The molecule has 0 amide bonds. The molecule has 0 spiro atoms. The second-order valence-corrected chi connectivity index (χ2v) is 7.70. The lowest BCUT2D eigenvalue weighted by Crippen LogP contribution is -2.47. The third-order valence-electron chi connectivity index (χ3n) is 5.47. The van der Waals surface area contributed by atoms with E-state index in [1.165, 1.54) is 6.07 Å². The molecule has 0 radical (unpaired) electrons. The first-order valence-corrected chi connectivity index (χ1v) is 10.3. The summed E-state index contributed by atoms with van der Waals surface area (Å²) in [7, 11) is 0. The Labute approximate surface area is 179 Å². The van der Waals surface area contributed by atoms with E-state index in [0.29, 0.717) is 16.5 Å². The molecule has 1 fully saturated rings. The van der Waals surface area contributed by atoms with Crippen LogP contribution in [0.3, 0.4) is 0 Å². The molecule has 0 atom stereocenters.